The fourth-order valence-corrected chi connectivity index (χ4v) is 5.48. The standard InChI is InChI=1S/C23H25NO7.C11H19NO5.C10H11BrO2.C7H8O.C6H14.C3H5BrO2.C3H8O.ClH/c1-17(22(27)29-15-18-8-4-2-5-9-18)31-21(26)13-12-20(25)14-24-23(28)30-16-19-10-6-3-7-11-19;1-7(2)16-11(15)8(3)17-10(14)5-4-9(13)6-12;1-8(11)10(12)13-7-9-5-3-2-4-6-9;8-6-7-4-2-1-3-5-7;1-3-5-6-4-2;1-2(4)3(5)6;1-3(2)4;/h2-11,17H,12-16H2,1H3,(H,24,28);7-8H,4-6,12H2,1-3H3;2-6,8H,7H2,1H3;1-5,8H,6H2;3-6H2,1-2H3;2H,1H3,(H,5,6);3-4H,1-2H3;1H. The van der Waals surface area contributed by atoms with E-state index >= 15 is 0 Å². The van der Waals surface area contributed by atoms with Crippen LogP contribution in [0, 0.1) is 0 Å². The second-order valence-electron chi connectivity index (χ2n) is 18.7. The summed E-state index contributed by atoms with van der Waals surface area (Å²) in [5.74, 6) is -4.08. The predicted molar refractivity (Wildman–Crippen MR) is 330 cm³/mol. The van der Waals surface area contributed by atoms with Crippen LogP contribution in [0.3, 0.4) is 0 Å². The number of rotatable bonds is 26. The van der Waals surface area contributed by atoms with Crippen LogP contribution in [0.25, 0.3) is 0 Å². The number of nitrogens with one attached hydrogen (secondary N) is 1. The van der Waals surface area contributed by atoms with Gasteiger partial charge in [-0.15, -0.1) is 0 Å². The molecule has 482 valence electrons. The van der Waals surface area contributed by atoms with Gasteiger partial charge in [-0.3, -0.25) is 28.8 Å². The van der Waals surface area contributed by atoms with Gasteiger partial charge in [-0.1, -0.05) is 193 Å². The first-order valence-electron chi connectivity index (χ1n) is 27.8. The molecule has 7 N–H and O–H groups in total. The Morgan fingerprint density at radius 2 is 0.837 bits per heavy atom. The summed E-state index contributed by atoms with van der Waals surface area (Å²) >= 11 is 5.98. The molecule has 0 bridgehead atoms. The van der Waals surface area contributed by atoms with Gasteiger partial charge < -0.3 is 67.2 Å². The normalized spacial score (nSPS) is 11.1. The van der Waals surface area contributed by atoms with Crippen molar-refractivity contribution < 1.29 is 105 Å². The van der Waals surface area contributed by atoms with E-state index in [2.05, 4.69) is 56.8 Å². The van der Waals surface area contributed by atoms with E-state index in [1.807, 2.05) is 109 Å². The van der Waals surface area contributed by atoms with Crippen molar-refractivity contribution in [1.29, 1.82) is 0 Å². The minimum Gasteiger partial charge on any atom is -1.00 e. The highest BCUT2D eigenvalue weighted by atomic mass is 79.9. The van der Waals surface area contributed by atoms with Gasteiger partial charge in [-0.25, -0.2) is 14.4 Å². The highest BCUT2D eigenvalue weighted by Gasteiger charge is 2.22. The van der Waals surface area contributed by atoms with Gasteiger partial charge in [-0.2, -0.15) is 0 Å². The molecule has 0 saturated carbocycles. The molecule has 0 aromatic heterocycles. The van der Waals surface area contributed by atoms with E-state index in [0.29, 0.717) is 6.61 Å². The number of halogens is 3. The number of benzene rings is 4. The molecule has 4 rings (SSSR count). The quantitative estimate of drug-likeness (QED) is 0.0184. The number of ketones is 2. The third kappa shape index (κ3) is 55.3. The maximum absolute atomic E-state index is 11.9. The number of carbonyl (C=O) groups excluding carboxylic acids is 8. The average Bonchev–Trinajstić information content (AvgIpc) is 3.50. The fraction of sp³-hybridized carbons (Fsp3) is 0.476. The Morgan fingerprint density at radius 1 is 0.500 bits per heavy atom. The molecule has 0 fully saturated rings. The molecular weight excluding hydrogens is 1270 g/mol. The molecule has 0 aliphatic carbocycles. The summed E-state index contributed by atoms with van der Waals surface area (Å²) in [4.78, 5) is 101. The monoisotopic (exact) mass is 1360 g/mol. The number of aliphatic carboxylic acids is 1. The van der Waals surface area contributed by atoms with E-state index in [1.165, 1.54) is 39.5 Å². The number of alkyl halides is 2. The number of Topliss-reactive ketones (excluding diaryl/α,β-unsaturated/α-hetero) is 2. The van der Waals surface area contributed by atoms with Crippen molar-refractivity contribution in [3.8, 4) is 0 Å². The molecule has 20 nitrogen and oxygen atoms in total. The third-order valence-corrected chi connectivity index (χ3v) is 10.6. The first kappa shape index (κ1) is 85.9. The molecule has 0 saturated heterocycles. The van der Waals surface area contributed by atoms with Gasteiger partial charge in [0.2, 0.25) is 0 Å². The van der Waals surface area contributed by atoms with Crippen LogP contribution in [-0.2, 0) is 93.2 Å². The maximum Gasteiger partial charge on any atom is 0.407 e. The molecule has 0 heterocycles. The van der Waals surface area contributed by atoms with Crippen molar-refractivity contribution in [3.05, 3.63) is 144 Å². The highest BCUT2D eigenvalue weighted by molar-refractivity contribution is 9.10. The number of carbonyl (C=O) groups is 9. The van der Waals surface area contributed by atoms with Crippen LogP contribution < -0.4 is 23.5 Å². The van der Waals surface area contributed by atoms with Crippen LogP contribution in [0.1, 0.15) is 143 Å². The number of ether oxygens (including phenoxy) is 6. The summed E-state index contributed by atoms with van der Waals surface area (Å²) in [6.07, 6.45) is 2.07. The Morgan fingerprint density at radius 3 is 1.15 bits per heavy atom. The number of carboxylic acid groups (broad SMARTS) is 1. The van der Waals surface area contributed by atoms with Crippen LogP contribution in [-0.4, -0.2) is 116 Å². The summed E-state index contributed by atoms with van der Waals surface area (Å²) in [5.41, 5.74) is 7.02. The number of alkyl carbamates (subject to hydrolysis) is 1. The van der Waals surface area contributed by atoms with E-state index in [1.54, 1.807) is 53.7 Å². The second-order valence-corrected chi connectivity index (χ2v) is 21.4. The zero-order chi connectivity index (χ0) is 65.0. The van der Waals surface area contributed by atoms with Gasteiger partial charge in [0.1, 0.15) is 36.0 Å². The molecule has 0 aliphatic rings. The number of hydrogen-bond acceptors (Lipinski definition) is 17. The van der Waals surface area contributed by atoms with Crippen LogP contribution in [0.2, 0.25) is 0 Å². The topological polar surface area (TPSA) is 309 Å². The first-order valence-corrected chi connectivity index (χ1v) is 29.7. The van der Waals surface area contributed by atoms with Gasteiger partial charge >= 0.3 is 41.9 Å². The lowest BCUT2D eigenvalue weighted by atomic mass is 10.2. The SMILES string of the molecule is CC(Br)C(=O)O.CC(Br)C(=O)OCc1ccccc1.CC(C)O.CC(C)OC(=O)C(C)OC(=O)CCC(=O)C[NH3+].CC(OC(=O)CCC(=O)CNC(=O)OCc1ccccc1)C(=O)OCc1ccccc1.CCCCCC.OCc1ccccc1.[Cl-]. The zero-order valence-corrected chi connectivity index (χ0v) is 55.1. The largest absolute Gasteiger partial charge is 1.00 e. The second kappa shape index (κ2) is 56.3. The number of aliphatic hydroxyl groups excluding tert-OH is 2. The Hall–Kier alpha value is -6.56. The molecule has 1 amide bonds. The molecule has 0 spiro atoms. The molecule has 0 radical (unpaired) electrons. The molecule has 4 atom stereocenters. The zero-order valence-electron chi connectivity index (χ0n) is 51.2. The van der Waals surface area contributed by atoms with Gasteiger partial charge in [0, 0.05) is 18.9 Å². The van der Waals surface area contributed by atoms with Gasteiger partial charge in [0.05, 0.1) is 32.1 Å². The number of carboxylic acids is 1. The maximum atomic E-state index is 11.9. The minimum absolute atomic E-state index is 0. The van der Waals surface area contributed by atoms with Crippen molar-refractivity contribution in [2.75, 3.05) is 13.1 Å². The lowest BCUT2D eigenvalue weighted by Crippen LogP contribution is -3.00. The van der Waals surface area contributed by atoms with E-state index < -0.39 is 53.0 Å². The van der Waals surface area contributed by atoms with E-state index in [9.17, 15) is 43.2 Å². The number of quaternary nitrogens is 1. The lowest BCUT2D eigenvalue weighted by molar-refractivity contribution is -0.354. The molecule has 4 unspecified atom stereocenters. The Bertz CT molecular complexity index is 2420. The summed E-state index contributed by atoms with van der Waals surface area (Å²) in [7, 11) is 0. The van der Waals surface area contributed by atoms with Crippen LogP contribution in [0.4, 0.5) is 4.79 Å². The summed E-state index contributed by atoms with van der Waals surface area (Å²) < 4.78 is 29.8. The van der Waals surface area contributed by atoms with Crippen LogP contribution >= 0.6 is 31.9 Å². The van der Waals surface area contributed by atoms with E-state index in [0.717, 1.165) is 22.3 Å². The molecule has 0 aliphatic heterocycles. The number of amides is 1. The smallest absolute Gasteiger partial charge is 0.407 e. The van der Waals surface area contributed by atoms with Gasteiger partial charge in [0.25, 0.3) is 0 Å². The third-order valence-electron chi connectivity index (χ3n) is 9.86. The Labute approximate surface area is 530 Å². The van der Waals surface area contributed by atoms with Crippen LogP contribution in [0.15, 0.2) is 121 Å². The lowest BCUT2D eigenvalue weighted by Gasteiger charge is -2.14. The van der Waals surface area contributed by atoms with Crippen molar-refractivity contribution in [3.63, 3.8) is 0 Å². The number of unbranched alkanes of at least 4 members (excludes halogenated alkanes) is 3. The van der Waals surface area contributed by atoms with Crippen LogP contribution in [0.5, 0.6) is 0 Å². The summed E-state index contributed by atoms with van der Waals surface area (Å²) in [6, 6.07) is 37.3. The van der Waals surface area contributed by atoms with Crippen molar-refractivity contribution in [2.45, 2.75) is 181 Å². The van der Waals surface area contributed by atoms with E-state index in [4.69, 9.17) is 43.7 Å². The molecule has 86 heavy (non-hydrogen) atoms. The molecular formula is C63H91Br2ClN2O18. The fourth-order valence-electron chi connectivity index (χ4n) is 5.35. The van der Waals surface area contributed by atoms with Gasteiger partial charge in [-0.05, 0) is 77.6 Å². The number of aliphatic hydroxyl groups is 2. The van der Waals surface area contributed by atoms with Gasteiger partial charge in [0.15, 0.2) is 23.8 Å². The van der Waals surface area contributed by atoms with Crippen molar-refractivity contribution in [1.82, 2.24) is 5.32 Å². The molecule has 23 heteroatoms. The first-order chi connectivity index (χ1) is 40.2. The molecule has 4 aromatic rings. The minimum atomic E-state index is -1.09. The van der Waals surface area contributed by atoms with Crippen molar-refractivity contribution >= 4 is 85.3 Å². The summed E-state index contributed by atoms with van der Waals surface area (Å²) in [5, 5.41) is 26.9. The Balaban J connectivity index is -0.000000515. The Kier molecular flexibility index (Phi) is 56.2. The summed E-state index contributed by atoms with van der Waals surface area (Å²) in [6.45, 7) is 18.0. The number of esters is 5. The highest BCUT2D eigenvalue weighted by Crippen LogP contribution is 2.08. The van der Waals surface area contributed by atoms with Crippen molar-refractivity contribution in [2.24, 2.45) is 0 Å². The number of hydrogen-bond donors (Lipinski definition) is 5. The predicted octanol–water partition coefficient (Wildman–Crippen LogP) is 6.92. The van der Waals surface area contributed by atoms with E-state index in [-0.39, 0.29) is 106 Å². The molecule has 4 aromatic carbocycles. The average molecular weight is 1360 g/mol.